The fraction of sp³-hybridized carbons (Fsp3) is 0.294. The molecule has 2 heteroatoms. The van der Waals surface area contributed by atoms with Gasteiger partial charge in [-0.3, -0.25) is 0 Å². The zero-order chi connectivity index (χ0) is 13.5. The zero-order valence-electron chi connectivity index (χ0n) is 11.4. The summed E-state index contributed by atoms with van der Waals surface area (Å²) in [5.74, 6) is 1.80. The molecule has 2 N–H and O–H groups in total. The van der Waals surface area contributed by atoms with Crippen LogP contribution in [0.5, 0.6) is 11.5 Å². The number of benzene rings is 2. The number of nitrogens with two attached hydrogens (primary N) is 1. The maximum Gasteiger partial charge on any atom is 0.130 e. The molecule has 100 valence electrons. The van der Waals surface area contributed by atoms with Crippen LogP contribution >= 0.6 is 0 Å². The van der Waals surface area contributed by atoms with E-state index < -0.39 is 0 Å². The van der Waals surface area contributed by atoms with Crippen LogP contribution < -0.4 is 10.5 Å². The molecule has 0 aliphatic carbocycles. The summed E-state index contributed by atoms with van der Waals surface area (Å²) in [4.78, 5) is 0. The Morgan fingerprint density at radius 1 is 0.947 bits per heavy atom. The number of aryl methyl sites for hydroxylation is 2. The third kappa shape index (κ3) is 4.11. The number of ether oxygens (including phenoxy) is 1. The van der Waals surface area contributed by atoms with E-state index in [4.69, 9.17) is 10.5 Å². The second-order valence-corrected chi connectivity index (χ2v) is 4.76. The Bertz CT molecular complexity index is 505. The normalized spacial score (nSPS) is 10.4. The monoisotopic (exact) mass is 255 g/mol. The maximum absolute atomic E-state index is 5.87. The van der Waals surface area contributed by atoms with E-state index in [2.05, 4.69) is 25.1 Å². The van der Waals surface area contributed by atoms with Gasteiger partial charge in [-0.25, -0.2) is 0 Å². The van der Waals surface area contributed by atoms with E-state index in [1.165, 1.54) is 5.56 Å². The average Bonchev–Trinajstić information content (AvgIpc) is 2.44. The Morgan fingerprint density at radius 3 is 2.37 bits per heavy atom. The minimum absolute atomic E-state index is 0.772. The molecule has 2 aromatic rings. The molecule has 0 atom stereocenters. The summed E-state index contributed by atoms with van der Waals surface area (Å²) in [6, 6.07) is 16.4. The molecule has 0 aromatic heterocycles. The van der Waals surface area contributed by atoms with Gasteiger partial charge in [-0.05, 0) is 62.1 Å². The molecule has 0 amide bonds. The van der Waals surface area contributed by atoms with Crippen LogP contribution in [0.4, 0.5) is 0 Å². The Labute approximate surface area is 115 Å². The van der Waals surface area contributed by atoms with Gasteiger partial charge >= 0.3 is 0 Å². The average molecular weight is 255 g/mol. The van der Waals surface area contributed by atoms with Crippen LogP contribution in [-0.2, 0) is 6.42 Å². The van der Waals surface area contributed by atoms with Crippen molar-refractivity contribution in [1.29, 1.82) is 0 Å². The molecule has 0 radical (unpaired) electrons. The summed E-state index contributed by atoms with van der Waals surface area (Å²) >= 11 is 0. The first-order chi connectivity index (χ1) is 9.29. The van der Waals surface area contributed by atoms with Gasteiger partial charge in [0.05, 0.1) is 0 Å². The van der Waals surface area contributed by atoms with Crippen molar-refractivity contribution < 1.29 is 4.74 Å². The first-order valence-electron chi connectivity index (χ1n) is 6.82. The second-order valence-electron chi connectivity index (χ2n) is 4.76. The lowest BCUT2D eigenvalue weighted by Crippen LogP contribution is -1.98. The Morgan fingerprint density at radius 2 is 1.68 bits per heavy atom. The Balaban J connectivity index is 1.97. The van der Waals surface area contributed by atoms with E-state index >= 15 is 0 Å². The van der Waals surface area contributed by atoms with Crippen molar-refractivity contribution in [2.24, 2.45) is 5.73 Å². The number of rotatable bonds is 6. The number of para-hydroxylation sites is 1. The van der Waals surface area contributed by atoms with Gasteiger partial charge in [0.1, 0.15) is 11.5 Å². The number of hydrogen-bond acceptors (Lipinski definition) is 2. The Kier molecular flexibility index (Phi) is 4.99. The molecule has 0 heterocycles. The molecular formula is C17H21NO. The van der Waals surface area contributed by atoms with E-state index in [9.17, 15) is 0 Å². The highest BCUT2D eigenvalue weighted by Crippen LogP contribution is 2.24. The van der Waals surface area contributed by atoms with Gasteiger partial charge in [0.2, 0.25) is 0 Å². The van der Waals surface area contributed by atoms with Gasteiger partial charge in [0, 0.05) is 0 Å². The zero-order valence-corrected chi connectivity index (χ0v) is 11.4. The van der Waals surface area contributed by atoms with Gasteiger partial charge in [-0.2, -0.15) is 0 Å². The molecule has 0 aliphatic rings. The summed E-state index contributed by atoms with van der Waals surface area (Å²) in [6.07, 6.45) is 3.32. The Hall–Kier alpha value is -1.80. The summed E-state index contributed by atoms with van der Waals surface area (Å²) in [5.41, 5.74) is 7.98. The van der Waals surface area contributed by atoms with Gasteiger partial charge in [0.25, 0.3) is 0 Å². The molecule has 2 rings (SSSR count). The molecule has 19 heavy (non-hydrogen) atoms. The third-order valence-corrected chi connectivity index (χ3v) is 3.16. The lowest BCUT2D eigenvalue weighted by molar-refractivity contribution is 0.478. The fourth-order valence-corrected chi connectivity index (χ4v) is 2.00. The second kappa shape index (κ2) is 6.95. The molecule has 0 unspecified atom stereocenters. The van der Waals surface area contributed by atoms with Crippen molar-refractivity contribution in [3.8, 4) is 11.5 Å². The van der Waals surface area contributed by atoms with Crippen molar-refractivity contribution in [3.05, 3.63) is 59.7 Å². The SMILES string of the molecule is Cc1ccccc1Oc1ccc(CCCCN)cc1. The van der Waals surface area contributed by atoms with E-state index in [-0.39, 0.29) is 0 Å². The molecule has 2 nitrogen and oxygen atoms in total. The smallest absolute Gasteiger partial charge is 0.130 e. The molecule has 0 bridgehead atoms. The first kappa shape index (κ1) is 13.6. The van der Waals surface area contributed by atoms with Gasteiger partial charge in [0.15, 0.2) is 0 Å². The predicted molar refractivity (Wildman–Crippen MR) is 79.7 cm³/mol. The van der Waals surface area contributed by atoms with Gasteiger partial charge in [-0.1, -0.05) is 30.3 Å². The highest BCUT2D eigenvalue weighted by atomic mass is 16.5. The molecular weight excluding hydrogens is 234 g/mol. The topological polar surface area (TPSA) is 35.2 Å². The standard InChI is InChI=1S/C17H21NO/c1-14-6-2-3-8-17(14)19-16-11-9-15(10-12-16)7-4-5-13-18/h2-3,6,8-12H,4-5,7,13,18H2,1H3. The van der Waals surface area contributed by atoms with E-state index in [0.717, 1.165) is 42.9 Å². The van der Waals surface area contributed by atoms with E-state index in [1.54, 1.807) is 0 Å². The number of unbranched alkanes of at least 4 members (excludes halogenated alkanes) is 1. The molecule has 0 aliphatic heterocycles. The lowest BCUT2D eigenvalue weighted by atomic mass is 10.1. The van der Waals surface area contributed by atoms with Crippen LogP contribution in [0.15, 0.2) is 48.5 Å². The quantitative estimate of drug-likeness (QED) is 0.790. The van der Waals surface area contributed by atoms with Crippen molar-refractivity contribution in [2.45, 2.75) is 26.2 Å². The van der Waals surface area contributed by atoms with E-state index in [0.29, 0.717) is 0 Å². The van der Waals surface area contributed by atoms with Crippen molar-refractivity contribution in [3.63, 3.8) is 0 Å². The summed E-state index contributed by atoms with van der Waals surface area (Å²) in [6.45, 7) is 2.82. The lowest BCUT2D eigenvalue weighted by Gasteiger charge is -2.09. The summed E-state index contributed by atoms with van der Waals surface area (Å²) in [7, 11) is 0. The molecule has 0 saturated carbocycles. The van der Waals surface area contributed by atoms with Crippen molar-refractivity contribution in [2.75, 3.05) is 6.54 Å². The van der Waals surface area contributed by atoms with E-state index in [1.807, 2.05) is 30.3 Å². The molecule has 0 spiro atoms. The summed E-state index contributed by atoms with van der Waals surface area (Å²) < 4.78 is 5.87. The highest BCUT2D eigenvalue weighted by molar-refractivity contribution is 5.37. The van der Waals surface area contributed by atoms with Crippen LogP contribution in [0.25, 0.3) is 0 Å². The summed E-state index contributed by atoms with van der Waals surface area (Å²) in [5, 5.41) is 0. The fourth-order valence-electron chi connectivity index (χ4n) is 2.00. The molecule has 2 aromatic carbocycles. The van der Waals surface area contributed by atoms with Gasteiger partial charge < -0.3 is 10.5 Å². The predicted octanol–water partition coefficient (Wildman–Crippen LogP) is 4.07. The largest absolute Gasteiger partial charge is 0.457 e. The first-order valence-corrected chi connectivity index (χ1v) is 6.82. The van der Waals surface area contributed by atoms with Crippen LogP contribution in [0.1, 0.15) is 24.0 Å². The number of hydrogen-bond donors (Lipinski definition) is 1. The van der Waals surface area contributed by atoms with Crippen molar-refractivity contribution >= 4 is 0 Å². The minimum Gasteiger partial charge on any atom is -0.457 e. The molecule has 0 fully saturated rings. The maximum atomic E-state index is 5.87. The van der Waals surface area contributed by atoms with Crippen LogP contribution in [0.3, 0.4) is 0 Å². The van der Waals surface area contributed by atoms with Crippen LogP contribution in [0.2, 0.25) is 0 Å². The molecule has 0 saturated heterocycles. The van der Waals surface area contributed by atoms with Crippen LogP contribution in [0, 0.1) is 6.92 Å². The van der Waals surface area contributed by atoms with Gasteiger partial charge in [-0.15, -0.1) is 0 Å². The third-order valence-electron chi connectivity index (χ3n) is 3.16. The highest BCUT2D eigenvalue weighted by Gasteiger charge is 2.00. The minimum atomic E-state index is 0.772. The van der Waals surface area contributed by atoms with Crippen molar-refractivity contribution in [1.82, 2.24) is 0 Å². The van der Waals surface area contributed by atoms with Crippen LogP contribution in [-0.4, -0.2) is 6.54 Å².